The van der Waals surface area contributed by atoms with Gasteiger partial charge in [-0.05, 0) is 31.0 Å². The standard InChI is InChI=1S/C15H18N2O2S/c18-14-7-8-20-13-6-5-10(9-12(13)17-14)15(19)16-11-3-1-2-4-11/h5-6,9,11H,1-4,7-8H2,(H,16,19)(H,17,18). The highest BCUT2D eigenvalue weighted by molar-refractivity contribution is 7.99. The third-order valence-corrected chi connectivity index (χ3v) is 4.87. The van der Waals surface area contributed by atoms with Crippen LogP contribution in [0.1, 0.15) is 42.5 Å². The maximum atomic E-state index is 12.2. The van der Waals surface area contributed by atoms with Gasteiger partial charge in [-0.3, -0.25) is 9.59 Å². The Morgan fingerprint density at radius 3 is 2.90 bits per heavy atom. The first-order valence-electron chi connectivity index (χ1n) is 7.10. The number of carbonyl (C=O) groups is 2. The van der Waals surface area contributed by atoms with E-state index in [4.69, 9.17) is 0 Å². The van der Waals surface area contributed by atoms with Crippen molar-refractivity contribution in [1.82, 2.24) is 5.32 Å². The SMILES string of the molecule is O=C1CCSc2ccc(C(=O)NC3CCCC3)cc2N1. The van der Waals surface area contributed by atoms with Crippen molar-refractivity contribution in [2.24, 2.45) is 0 Å². The normalized spacial score (nSPS) is 19.1. The lowest BCUT2D eigenvalue weighted by Gasteiger charge is -2.13. The van der Waals surface area contributed by atoms with Crippen molar-refractivity contribution < 1.29 is 9.59 Å². The first kappa shape index (κ1) is 13.5. The quantitative estimate of drug-likeness (QED) is 0.880. The number of rotatable bonds is 2. The average Bonchev–Trinajstić information content (AvgIpc) is 2.85. The van der Waals surface area contributed by atoms with Gasteiger partial charge in [-0.15, -0.1) is 11.8 Å². The molecule has 0 atom stereocenters. The van der Waals surface area contributed by atoms with Gasteiger partial charge in [-0.1, -0.05) is 12.8 Å². The summed E-state index contributed by atoms with van der Waals surface area (Å²) in [5.74, 6) is 0.764. The summed E-state index contributed by atoms with van der Waals surface area (Å²) in [6.07, 6.45) is 5.05. The predicted octanol–water partition coefficient (Wildman–Crippen LogP) is 2.79. The van der Waals surface area contributed by atoms with Gasteiger partial charge in [-0.2, -0.15) is 0 Å². The third kappa shape index (κ3) is 2.98. The van der Waals surface area contributed by atoms with Crippen LogP contribution in [0.4, 0.5) is 5.69 Å². The highest BCUT2D eigenvalue weighted by Crippen LogP contribution is 2.31. The van der Waals surface area contributed by atoms with Crippen LogP contribution in [0.5, 0.6) is 0 Å². The van der Waals surface area contributed by atoms with Gasteiger partial charge in [0.05, 0.1) is 5.69 Å². The largest absolute Gasteiger partial charge is 0.349 e. The summed E-state index contributed by atoms with van der Waals surface area (Å²) in [6, 6.07) is 5.86. The van der Waals surface area contributed by atoms with Crippen LogP contribution in [0.25, 0.3) is 0 Å². The van der Waals surface area contributed by atoms with Crippen LogP contribution < -0.4 is 10.6 Å². The highest BCUT2D eigenvalue weighted by Gasteiger charge is 2.19. The minimum atomic E-state index is -0.0387. The average molecular weight is 290 g/mol. The van der Waals surface area contributed by atoms with Crippen LogP contribution in [0.2, 0.25) is 0 Å². The van der Waals surface area contributed by atoms with Crippen LogP contribution in [0.15, 0.2) is 23.1 Å². The lowest BCUT2D eigenvalue weighted by atomic mass is 10.1. The van der Waals surface area contributed by atoms with Crippen molar-refractivity contribution in [2.75, 3.05) is 11.1 Å². The number of hydrogen-bond acceptors (Lipinski definition) is 3. The zero-order chi connectivity index (χ0) is 13.9. The van der Waals surface area contributed by atoms with E-state index in [9.17, 15) is 9.59 Å². The van der Waals surface area contributed by atoms with E-state index >= 15 is 0 Å². The third-order valence-electron chi connectivity index (χ3n) is 3.79. The molecule has 1 heterocycles. The summed E-state index contributed by atoms with van der Waals surface area (Å²) in [6.45, 7) is 0. The Balaban J connectivity index is 1.76. The first-order valence-corrected chi connectivity index (χ1v) is 8.08. The molecule has 1 aliphatic heterocycles. The van der Waals surface area contributed by atoms with Crippen LogP contribution in [0.3, 0.4) is 0 Å². The Bertz CT molecular complexity index is 539. The molecular formula is C15H18N2O2S. The fraction of sp³-hybridized carbons (Fsp3) is 0.467. The number of amides is 2. The van der Waals surface area contributed by atoms with E-state index in [1.165, 1.54) is 12.8 Å². The Hall–Kier alpha value is -1.49. The summed E-state index contributed by atoms with van der Waals surface area (Å²) >= 11 is 1.65. The molecule has 1 aromatic rings. The van der Waals surface area contributed by atoms with Crippen molar-refractivity contribution in [3.8, 4) is 0 Å². The molecule has 0 bridgehead atoms. The molecule has 0 saturated heterocycles. The van der Waals surface area contributed by atoms with Crippen molar-refractivity contribution in [2.45, 2.75) is 43.0 Å². The first-order chi connectivity index (χ1) is 9.72. The Morgan fingerprint density at radius 1 is 1.30 bits per heavy atom. The summed E-state index contributed by atoms with van der Waals surface area (Å²) in [4.78, 5) is 24.8. The molecule has 0 aromatic heterocycles. The number of benzene rings is 1. The second kappa shape index (κ2) is 5.87. The van der Waals surface area contributed by atoms with Crippen LogP contribution >= 0.6 is 11.8 Å². The van der Waals surface area contributed by atoms with E-state index in [0.717, 1.165) is 29.2 Å². The van der Waals surface area contributed by atoms with Gasteiger partial charge < -0.3 is 10.6 Å². The number of fused-ring (bicyclic) bond motifs is 1. The van der Waals surface area contributed by atoms with Gasteiger partial charge in [0.15, 0.2) is 0 Å². The van der Waals surface area contributed by atoms with Gasteiger partial charge in [0, 0.05) is 28.7 Å². The summed E-state index contributed by atoms with van der Waals surface area (Å²) in [7, 11) is 0. The molecule has 1 aliphatic carbocycles. The van der Waals surface area contributed by atoms with Crippen molar-refractivity contribution in [3.05, 3.63) is 23.8 Å². The predicted molar refractivity (Wildman–Crippen MR) is 80.1 cm³/mol. The van der Waals surface area contributed by atoms with E-state index in [0.29, 0.717) is 18.0 Å². The second-order valence-corrected chi connectivity index (χ2v) is 6.45. The van der Waals surface area contributed by atoms with Gasteiger partial charge in [0.2, 0.25) is 5.91 Å². The number of thioether (sulfide) groups is 1. The molecule has 0 radical (unpaired) electrons. The van der Waals surface area contributed by atoms with Crippen molar-refractivity contribution in [1.29, 1.82) is 0 Å². The highest BCUT2D eigenvalue weighted by atomic mass is 32.2. The van der Waals surface area contributed by atoms with Crippen LogP contribution in [0, 0.1) is 0 Å². The molecule has 1 fully saturated rings. The summed E-state index contributed by atoms with van der Waals surface area (Å²) < 4.78 is 0. The Kier molecular flexibility index (Phi) is 3.96. The van der Waals surface area contributed by atoms with Crippen molar-refractivity contribution in [3.63, 3.8) is 0 Å². The molecular weight excluding hydrogens is 272 g/mol. The molecule has 3 rings (SSSR count). The molecule has 5 heteroatoms. The smallest absolute Gasteiger partial charge is 0.251 e. The molecule has 2 aliphatic rings. The molecule has 106 valence electrons. The Labute approximate surface area is 122 Å². The van der Waals surface area contributed by atoms with E-state index < -0.39 is 0 Å². The molecule has 2 N–H and O–H groups in total. The van der Waals surface area contributed by atoms with E-state index in [2.05, 4.69) is 10.6 Å². The van der Waals surface area contributed by atoms with Gasteiger partial charge >= 0.3 is 0 Å². The summed E-state index contributed by atoms with van der Waals surface area (Å²) in [5.41, 5.74) is 1.38. The maximum Gasteiger partial charge on any atom is 0.251 e. The van der Waals surface area contributed by atoms with Gasteiger partial charge in [-0.25, -0.2) is 0 Å². The number of nitrogens with one attached hydrogen (secondary N) is 2. The number of hydrogen-bond donors (Lipinski definition) is 2. The lowest BCUT2D eigenvalue weighted by Crippen LogP contribution is -2.32. The molecule has 2 amide bonds. The maximum absolute atomic E-state index is 12.2. The number of anilines is 1. The van der Waals surface area contributed by atoms with E-state index in [1.807, 2.05) is 12.1 Å². The lowest BCUT2D eigenvalue weighted by molar-refractivity contribution is -0.115. The monoisotopic (exact) mass is 290 g/mol. The topological polar surface area (TPSA) is 58.2 Å². The fourth-order valence-electron chi connectivity index (χ4n) is 2.70. The minimum Gasteiger partial charge on any atom is -0.349 e. The van der Waals surface area contributed by atoms with E-state index in [1.54, 1.807) is 17.8 Å². The molecule has 0 spiro atoms. The molecule has 1 saturated carbocycles. The van der Waals surface area contributed by atoms with Gasteiger partial charge in [0.25, 0.3) is 5.91 Å². The van der Waals surface area contributed by atoms with Crippen molar-refractivity contribution >= 4 is 29.3 Å². The van der Waals surface area contributed by atoms with Crippen LogP contribution in [-0.2, 0) is 4.79 Å². The second-order valence-electron chi connectivity index (χ2n) is 5.31. The van der Waals surface area contributed by atoms with Crippen LogP contribution in [-0.4, -0.2) is 23.6 Å². The van der Waals surface area contributed by atoms with E-state index in [-0.39, 0.29) is 11.8 Å². The number of carbonyl (C=O) groups excluding carboxylic acids is 2. The fourth-order valence-corrected chi connectivity index (χ4v) is 3.64. The minimum absolute atomic E-state index is 0.0181. The van der Waals surface area contributed by atoms with Gasteiger partial charge in [0.1, 0.15) is 0 Å². The zero-order valence-corrected chi connectivity index (χ0v) is 12.1. The molecule has 0 unspecified atom stereocenters. The summed E-state index contributed by atoms with van der Waals surface area (Å²) in [5, 5.41) is 5.94. The zero-order valence-electron chi connectivity index (χ0n) is 11.3. The molecule has 1 aromatic carbocycles. The molecule has 20 heavy (non-hydrogen) atoms. The Morgan fingerprint density at radius 2 is 2.10 bits per heavy atom. The molecule has 4 nitrogen and oxygen atoms in total.